The van der Waals surface area contributed by atoms with Crippen molar-refractivity contribution in [3.63, 3.8) is 0 Å². The van der Waals surface area contributed by atoms with E-state index in [2.05, 4.69) is 146 Å². The van der Waals surface area contributed by atoms with Crippen LogP contribution in [0.3, 0.4) is 0 Å². The van der Waals surface area contributed by atoms with Crippen molar-refractivity contribution < 1.29 is 4.42 Å². The Balaban J connectivity index is 0.921. The minimum absolute atomic E-state index is 0.132. The molecule has 2 heterocycles. The first-order valence-corrected chi connectivity index (χ1v) is 21.3. The summed E-state index contributed by atoms with van der Waals surface area (Å²) < 4.78 is 6.51. The fourth-order valence-electron chi connectivity index (χ4n) is 12.3. The van der Waals surface area contributed by atoms with Crippen LogP contribution >= 0.6 is 0 Å². The van der Waals surface area contributed by atoms with Crippen LogP contribution in [0.2, 0.25) is 0 Å². The molecule has 0 amide bonds. The Morgan fingerprint density at radius 3 is 1.71 bits per heavy atom. The summed E-state index contributed by atoms with van der Waals surface area (Å²) in [6.45, 7) is 0. The Kier molecular flexibility index (Phi) is 7.16. The number of rotatable bonds is 5. The summed E-state index contributed by atoms with van der Waals surface area (Å²) in [4.78, 5) is 15.6. The topological polar surface area (TPSA) is 51.8 Å². The zero-order chi connectivity index (χ0) is 38.7. The van der Waals surface area contributed by atoms with E-state index in [0.29, 0.717) is 17.5 Å². The molecule has 2 aromatic heterocycles. The van der Waals surface area contributed by atoms with Crippen LogP contribution < -0.4 is 0 Å². The van der Waals surface area contributed by atoms with Crippen molar-refractivity contribution in [2.24, 2.45) is 23.7 Å². The quantitative estimate of drug-likeness (QED) is 0.175. The summed E-state index contributed by atoms with van der Waals surface area (Å²) in [6.07, 6.45) is 6.96. The number of hydrogen-bond acceptors (Lipinski definition) is 4. The molecule has 0 saturated heterocycles. The SMILES string of the molecule is c1ccc(-c2nc(-c3cccc(-c4ccc5c(c4)oc4cccc(-c6ccccc6)c45)c3)nc(-c3ccc4c(c3)-c3ccccc3C43C4CC5CC(C4)CC3C5)n2)cc1. The Morgan fingerprint density at radius 2 is 0.949 bits per heavy atom. The molecule has 0 N–H and O–H groups in total. The Labute approximate surface area is 343 Å². The molecule has 0 aliphatic heterocycles. The highest BCUT2D eigenvalue weighted by molar-refractivity contribution is 6.13. The van der Waals surface area contributed by atoms with Crippen molar-refractivity contribution in [2.75, 3.05) is 0 Å². The molecule has 1 spiro atoms. The lowest BCUT2D eigenvalue weighted by atomic mass is 9.43. The summed E-state index contributed by atoms with van der Waals surface area (Å²) in [5, 5.41) is 2.25. The predicted molar refractivity (Wildman–Crippen MR) is 238 cm³/mol. The molecule has 4 fully saturated rings. The molecule has 0 unspecified atom stereocenters. The van der Waals surface area contributed by atoms with Crippen molar-refractivity contribution >= 4 is 21.9 Å². The van der Waals surface area contributed by atoms with Gasteiger partial charge in [-0.25, -0.2) is 15.0 Å². The second-order valence-corrected chi connectivity index (χ2v) is 17.6. The maximum atomic E-state index is 6.51. The lowest BCUT2D eigenvalue weighted by Gasteiger charge is -2.61. The van der Waals surface area contributed by atoms with E-state index in [1.54, 1.807) is 11.1 Å². The van der Waals surface area contributed by atoms with Crippen LogP contribution in [0.25, 0.3) is 89.5 Å². The van der Waals surface area contributed by atoms with Crippen LogP contribution in [0.5, 0.6) is 0 Å². The maximum Gasteiger partial charge on any atom is 0.164 e. The fraction of sp³-hybridized carbons (Fsp3) is 0.182. The summed E-state index contributed by atoms with van der Waals surface area (Å²) >= 11 is 0. The van der Waals surface area contributed by atoms with Crippen LogP contribution in [-0.2, 0) is 5.41 Å². The zero-order valence-corrected chi connectivity index (χ0v) is 32.7. The van der Waals surface area contributed by atoms with Crippen molar-refractivity contribution in [2.45, 2.75) is 37.5 Å². The third-order valence-corrected chi connectivity index (χ3v) is 14.5. The summed E-state index contributed by atoms with van der Waals surface area (Å²) in [5.41, 5.74) is 15.2. The van der Waals surface area contributed by atoms with Gasteiger partial charge >= 0.3 is 0 Å². The second kappa shape index (κ2) is 12.7. The molecule has 282 valence electrons. The highest BCUT2D eigenvalue weighted by Crippen LogP contribution is 2.69. The Hall–Kier alpha value is -6.65. The van der Waals surface area contributed by atoms with Gasteiger partial charge in [0.15, 0.2) is 17.5 Å². The Bertz CT molecular complexity index is 3100. The average molecular weight is 760 g/mol. The Morgan fingerprint density at radius 1 is 0.390 bits per heavy atom. The highest BCUT2D eigenvalue weighted by Gasteiger charge is 2.61. The van der Waals surface area contributed by atoms with Crippen molar-refractivity contribution in [3.8, 4) is 67.5 Å². The highest BCUT2D eigenvalue weighted by atomic mass is 16.3. The minimum Gasteiger partial charge on any atom is -0.456 e. The van der Waals surface area contributed by atoms with Gasteiger partial charge in [-0.2, -0.15) is 0 Å². The third kappa shape index (κ3) is 4.99. The van der Waals surface area contributed by atoms with E-state index in [9.17, 15) is 0 Å². The normalized spacial score (nSPS) is 22.3. The van der Waals surface area contributed by atoms with Gasteiger partial charge < -0.3 is 4.42 Å². The van der Waals surface area contributed by atoms with E-state index in [0.717, 1.165) is 73.4 Å². The van der Waals surface area contributed by atoms with Crippen LogP contribution in [0.4, 0.5) is 0 Å². The number of benzene rings is 7. The largest absolute Gasteiger partial charge is 0.456 e. The molecule has 0 radical (unpaired) electrons. The van der Waals surface area contributed by atoms with Gasteiger partial charge in [0.2, 0.25) is 0 Å². The number of nitrogens with zero attached hydrogens (tertiary/aromatic N) is 3. The van der Waals surface area contributed by atoms with E-state index in [4.69, 9.17) is 19.4 Å². The zero-order valence-electron chi connectivity index (χ0n) is 32.7. The van der Waals surface area contributed by atoms with Crippen molar-refractivity contribution in [1.82, 2.24) is 15.0 Å². The van der Waals surface area contributed by atoms with Crippen LogP contribution in [-0.4, -0.2) is 15.0 Å². The molecule has 5 aliphatic carbocycles. The van der Waals surface area contributed by atoms with Gasteiger partial charge in [0.25, 0.3) is 0 Å². The first-order valence-electron chi connectivity index (χ1n) is 21.3. The lowest BCUT2D eigenvalue weighted by Crippen LogP contribution is -2.55. The smallest absolute Gasteiger partial charge is 0.164 e. The van der Waals surface area contributed by atoms with Gasteiger partial charge in [-0.05, 0) is 131 Å². The predicted octanol–water partition coefficient (Wildman–Crippen LogP) is 13.8. The minimum atomic E-state index is 0.132. The number of fused-ring (bicyclic) bond motifs is 6. The first kappa shape index (κ1) is 33.3. The van der Waals surface area contributed by atoms with Crippen LogP contribution in [0, 0.1) is 23.7 Å². The molecular formula is C55H41N3O. The summed E-state index contributed by atoms with van der Waals surface area (Å²) in [5.74, 6) is 5.32. The third-order valence-electron chi connectivity index (χ3n) is 14.5. The van der Waals surface area contributed by atoms with Crippen LogP contribution in [0.15, 0.2) is 168 Å². The molecule has 4 nitrogen and oxygen atoms in total. The monoisotopic (exact) mass is 759 g/mol. The van der Waals surface area contributed by atoms with Gasteiger partial charge in [0.1, 0.15) is 11.2 Å². The van der Waals surface area contributed by atoms with Crippen LogP contribution in [0.1, 0.15) is 43.2 Å². The molecule has 9 aromatic rings. The van der Waals surface area contributed by atoms with Gasteiger partial charge in [-0.15, -0.1) is 0 Å². The molecule has 4 heteroatoms. The lowest BCUT2D eigenvalue weighted by molar-refractivity contribution is -0.0399. The molecule has 4 bridgehead atoms. The molecular weight excluding hydrogens is 719 g/mol. The molecule has 59 heavy (non-hydrogen) atoms. The maximum absolute atomic E-state index is 6.51. The summed E-state index contributed by atoms with van der Waals surface area (Å²) in [6, 6.07) is 58.7. The van der Waals surface area contributed by atoms with Gasteiger partial charge in [0.05, 0.1) is 0 Å². The van der Waals surface area contributed by atoms with E-state index in [1.165, 1.54) is 54.4 Å². The van der Waals surface area contributed by atoms with E-state index >= 15 is 0 Å². The molecule has 7 aromatic carbocycles. The molecule has 4 saturated carbocycles. The van der Waals surface area contributed by atoms with E-state index < -0.39 is 0 Å². The fourth-order valence-corrected chi connectivity index (χ4v) is 12.3. The second-order valence-electron chi connectivity index (χ2n) is 17.6. The van der Waals surface area contributed by atoms with Gasteiger partial charge in [-0.1, -0.05) is 133 Å². The standard InChI is InChI=1S/C55H41N3O/c1-3-11-35(12-4-1)43-18-10-20-49-51(43)45-23-21-38(32-50(45)59-49)37-15-9-16-39(30-37)53-56-52(36-13-5-2-6-14-36)57-54(58-53)40-22-24-48-46(31-40)44-17-7-8-19-47(44)55(48)41-26-33-25-34(28-41)29-42(55)27-33/h1-24,30-34,41-42H,25-29H2. The van der Waals surface area contributed by atoms with E-state index in [-0.39, 0.29) is 5.41 Å². The number of hydrogen-bond donors (Lipinski definition) is 0. The number of aromatic nitrogens is 3. The van der Waals surface area contributed by atoms with Gasteiger partial charge in [0, 0.05) is 32.9 Å². The van der Waals surface area contributed by atoms with Crippen molar-refractivity contribution in [1.29, 1.82) is 0 Å². The first-order chi connectivity index (χ1) is 29.2. The van der Waals surface area contributed by atoms with E-state index in [1.807, 2.05) is 18.2 Å². The average Bonchev–Trinajstić information content (AvgIpc) is 3.82. The van der Waals surface area contributed by atoms with Crippen molar-refractivity contribution in [3.05, 3.63) is 175 Å². The molecule has 5 aliphatic rings. The van der Waals surface area contributed by atoms with Gasteiger partial charge in [-0.3, -0.25) is 0 Å². The number of furan rings is 1. The molecule has 0 atom stereocenters. The summed E-state index contributed by atoms with van der Waals surface area (Å²) in [7, 11) is 0. The molecule has 14 rings (SSSR count).